The number of halogens is 2. The molecule has 1 saturated carbocycles. The van der Waals surface area contributed by atoms with E-state index in [1.807, 2.05) is 0 Å². The van der Waals surface area contributed by atoms with Gasteiger partial charge in [0.2, 0.25) is 0 Å². The average molecular weight is 526 g/mol. The van der Waals surface area contributed by atoms with Gasteiger partial charge in [0.15, 0.2) is 8.32 Å². The first-order valence-corrected chi connectivity index (χ1v) is 20.7. The summed E-state index contributed by atoms with van der Waals surface area (Å²) in [5.41, 5.74) is 0.603. The Morgan fingerprint density at radius 1 is 1.03 bits per heavy atom. The molecule has 0 aromatic rings. The SMILES string of the molecule is CC(C)(C)[Si](C)(C)OC1CC2C=CC=CC2C1[Si](C)(C)N1C[N-]C[N-]C1.[CH3-].[Cl][Ti+4][Cl]. The number of hydrogen-bond acceptors (Lipinski definition) is 2. The second kappa shape index (κ2) is 12.0. The van der Waals surface area contributed by atoms with Crippen LogP contribution in [0.15, 0.2) is 24.3 Å². The van der Waals surface area contributed by atoms with Crippen molar-refractivity contribution in [1.29, 1.82) is 0 Å². The van der Waals surface area contributed by atoms with Gasteiger partial charge < -0.3 is 27.1 Å². The normalized spacial score (nSPS) is 29.8. The summed E-state index contributed by atoms with van der Waals surface area (Å²) >= 11 is -0.556. The van der Waals surface area contributed by atoms with Gasteiger partial charge in [-0.1, -0.05) is 58.2 Å². The first kappa shape index (κ1) is 29.1. The van der Waals surface area contributed by atoms with Crippen molar-refractivity contribution >= 4 is 35.2 Å². The number of hydrogen-bond donors (Lipinski definition) is 0. The number of allylic oxidation sites excluding steroid dienone is 4. The molecule has 170 valence electrons. The second-order valence-corrected chi connectivity index (χ2v) is 22.3. The van der Waals surface area contributed by atoms with Crippen molar-refractivity contribution in [1.82, 2.24) is 4.57 Å². The fraction of sp³-hybridized carbons (Fsp3) is 0.762. The molecule has 1 saturated heterocycles. The van der Waals surface area contributed by atoms with Crippen molar-refractivity contribution in [2.24, 2.45) is 11.8 Å². The van der Waals surface area contributed by atoms with E-state index < -0.39 is 33.6 Å². The van der Waals surface area contributed by atoms with Gasteiger partial charge in [0.25, 0.3) is 0 Å². The van der Waals surface area contributed by atoms with Gasteiger partial charge in [-0.3, -0.25) is 6.67 Å². The molecule has 4 nitrogen and oxygen atoms in total. The molecule has 9 heteroatoms. The average Bonchev–Trinajstić information content (AvgIpc) is 3.00. The molecule has 4 unspecified atom stereocenters. The van der Waals surface area contributed by atoms with Crippen molar-refractivity contribution in [3.05, 3.63) is 42.4 Å². The van der Waals surface area contributed by atoms with Crippen molar-refractivity contribution in [2.45, 2.75) is 70.1 Å². The predicted octanol–water partition coefficient (Wildman–Crippen LogP) is 7.48. The Bertz CT molecular complexity index is 593. The Morgan fingerprint density at radius 2 is 1.57 bits per heavy atom. The van der Waals surface area contributed by atoms with Gasteiger partial charge in [-0.2, -0.15) is 0 Å². The first-order chi connectivity index (χ1) is 13.5. The molecule has 0 aromatic heterocycles. The number of nitrogens with zero attached hydrogens (tertiary/aromatic N) is 3. The Labute approximate surface area is 204 Å². The summed E-state index contributed by atoms with van der Waals surface area (Å²) in [6.45, 7) is 19.3. The van der Waals surface area contributed by atoms with Crippen LogP contribution in [0.25, 0.3) is 10.6 Å². The van der Waals surface area contributed by atoms with Gasteiger partial charge in [-0.15, -0.1) is 13.3 Å². The van der Waals surface area contributed by atoms with E-state index in [1.165, 1.54) is 6.42 Å². The van der Waals surface area contributed by atoms with Crippen molar-refractivity contribution in [3.63, 3.8) is 0 Å². The van der Waals surface area contributed by atoms with Gasteiger partial charge in [0.05, 0.1) is 0 Å². The molecular weight excluding hydrogens is 485 g/mol. The molecule has 1 aliphatic heterocycles. The Morgan fingerprint density at radius 3 is 2.10 bits per heavy atom. The van der Waals surface area contributed by atoms with E-state index in [9.17, 15) is 0 Å². The van der Waals surface area contributed by atoms with Gasteiger partial charge in [-0.05, 0) is 41.9 Å². The maximum atomic E-state index is 7.06. The summed E-state index contributed by atoms with van der Waals surface area (Å²) in [6, 6.07) is 0. The molecule has 0 aromatic carbocycles. The molecule has 1 heterocycles. The summed E-state index contributed by atoms with van der Waals surface area (Å²) in [7, 11) is 6.24. The van der Waals surface area contributed by atoms with Crippen LogP contribution in [-0.2, 0) is 21.5 Å². The fourth-order valence-corrected chi connectivity index (χ4v) is 9.83. The summed E-state index contributed by atoms with van der Waals surface area (Å²) in [5.74, 6) is 1.24. The second-order valence-electron chi connectivity index (χ2n) is 10.3. The van der Waals surface area contributed by atoms with Crippen LogP contribution >= 0.6 is 18.6 Å². The van der Waals surface area contributed by atoms with Crippen LogP contribution in [-0.4, -0.2) is 47.2 Å². The van der Waals surface area contributed by atoms with Crippen LogP contribution in [0.2, 0.25) is 36.8 Å². The van der Waals surface area contributed by atoms with Crippen molar-refractivity contribution < 1.29 is 21.5 Å². The van der Waals surface area contributed by atoms with Crippen LogP contribution in [0, 0.1) is 19.3 Å². The topological polar surface area (TPSA) is 40.7 Å². The molecule has 0 radical (unpaired) electrons. The third-order valence-electron chi connectivity index (χ3n) is 7.24. The first-order valence-electron chi connectivity index (χ1n) is 10.5. The van der Waals surface area contributed by atoms with Crippen LogP contribution < -0.4 is 0 Å². The van der Waals surface area contributed by atoms with E-state index in [1.54, 1.807) is 0 Å². The molecule has 4 atom stereocenters. The van der Waals surface area contributed by atoms with Gasteiger partial charge >= 0.3 is 35.6 Å². The van der Waals surface area contributed by atoms with Crippen LogP contribution in [0.1, 0.15) is 27.2 Å². The Kier molecular flexibility index (Phi) is 11.6. The molecule has 0 amide bonds. The molecule has 0 bridgehead atoms. The van der Waals surface area contributed by atoms with Gasteiger partial charge in [-0.25, -0.2) is 0 Å². The molecule has 0 spiro atoms. The van der Waals surface area contributed by atoms with Crippen molar-refractivity contribution in [2.75, 3.05) is 20.0 Å². The minimum atomic E-state index is -1.80. The zero-order valence-corrected chi connectivity index (χ0v) is 25.0. The van der Waals surface area contributed by atoms with E-state index in [0.717, 1.165) is 13.3 Å². The predicted molar refractivity (Wildman–Crippen MR) is 134 cm³/mol. The Hall–Kier alpha value is 1.05. The molecule has 30 heavy (non-hydrogen) atoms. The zero-order chi connectivity index (χ0) is 21.9. The Balaban J connectivity index is 0.00000106. The zero-order valence-electron chi connectivity index (χ0n) is 20.0. The van der Waals surface area contributed by atoms with Crippen LogP contribution in [0.4, 0.5) is 0 Å². The third-order valence-corrected chi connectivity index (χ3v) is 16.0. The summed E-state index contributed by atoms with van der Waals surface area (Å²) in [5, 5.41) is 9.39. The molecule has 3 aliphatic rings. The molecule has 2 aliphatic carbocycles. The molecule has 3 rings (SSSR count). The molecular formula is C21H40Cl2N3OSi2Ti+. The van der Waals surface area contributed by atoms with Crippen molar-refractivity contribution in [3.8, 4) is 0 Å². The van der Waals surface area contributed by atoms with Gasteiger partial charge in [0.1, 0.15) is 8.24 Å². The third kappa shape index (κ3) is 6.78. The standard InChI is InChI=1S/C20H37N3OSi2.CH3.2ClH.Ti/c1-20(2,3)26(6,7)24-18-12-16-10-8-9-11-17(16)19(18)25(4,5)23-14-21-13-22-15-23;;;;/h8-11,16-19H,12-15H2,1-7H3;1H3;2*1H;/q-2;-1;;;+6/p-2. The quantitative estimate of drug-likeness (QED) is 0.282. The fourth-order valence-electron chi connectivity index (χ4n) is 4.58. The van der Waals surface area contributed by atoms with E-state index in [0.29, 0.717) is 30.1 Å². The minimum absolute atomic E-state index is 0. The van der Waals surface area contributed by atoms with E-state index in [2.05, 4.69) is 86.5 Å². The molecule has 2 fully saturated rings. The van der Waals surface area contributed by atoms with Crippen LogP contribution in [0.3, 0.4) is 0 Å². The summed E-state index contributed by atoms with van der Waals surface area (Å²) in [6.07, 6.45) is 10.9. The number of fused-ring (bicyclic) bond motifs is 1. The molecule has 0 N–H and O–H groups in total. The van der Waals surface area contributed by atoms with Gasteiger partial charge in [0, 0.05) is 6.10 Å². The van der Waals surface area contributed by atoms with E-state index >= 15 is 0 Å². The summed E-state index contributed by atoms with van der Waals surface area (Å²) in [4.78, 5) is 0. The summed E-state index contributed by atoms with van der Waals surface area (Å²) < 4.78 is 9.64. The number of rotatable bonds is 4. The maximum absolute atomic E-state index is 7.06. The van der Waals surface area contributed by atoms with Crippen LogP contribution in [0.5, 0.6) is 0 Å². The van der Waals surface area contributed by atoms with E-state index in [-0.39, 0.29) is 12.5 Å². The van der Waals surface area contributed by atoms with E-state index in [4.69, 9.17) is 23.0 Å². The monoisotopic (exact) mass is 524 g/mol.